The molecule has 0 aromatic heterocycles. The van der Waals surface area contributed by atoms with Gasteiger partial charge in [0.1, 0.15) is 0 Å². The molecule has 72 valence electrons. The van der Waals surface area contributed by atoms with Gasteiger partial charge in [0, 0.05) is 18.6 Å². The van der Waals surface area contributed by atoms with Crippen molar-refractivity contribution in [1.82, 2.24) is 4.90 Å². The summed E-state index contributed by atoms with van der Waals surface area (Å²) >= 11 is 0. The van der Waals surface area contributed by atoms with Crippen molar-refractivity contribution in [1.29, 1.82) is 0 Å². The van der Waals surface area contributed by atoms with Crippen LogP contribution in [0.5, 0.6) is 0 Å². The van der Waals surface area contributed by atoms with Crippen molar-refractivity contribution in [2.45, 2.75) is 52.3 Å². The van der Waals surface area contributed by atoms with Gasteiger partial charge in [-0.3, -0.25) is 4.90 Å². The Kier molecular flexibility index (Phi) is 3.53. The van der Waals surface area contributed by atoms with Gasteiger partial charge in [-0.05, 0) is 34.1 Å². The molecule has 2 nitrogen and oxygen atoms in total. The number of hydrogen-bond acceptors (Lipinski definition) is 2. The topological polar surface area (TPSA) is 12.5 Å². The molecule has 0 radical (unpaired) electrons. The maximum absolute atomic E-state index is 5.61. The van der Waals surface area contributed by atoms with Crippen molar-refractivity contribution in [3.05, 3.63) is 0 Å². The van der Waals surface area contributed by atoms with Gasteiger partial charge in [-0.2, -0.15) is 0 Å². The van der Waals surface area contributed by atoms with Gasteiger partial charge in [0.05, 0.1) is 12.7 Å². The van der Waals surface area contributed by atoms with Gasteiger partial charge in [0.25, 0.3) is 0 Å². The summed E-state index contributed by atoms with van der Waals surface area (Å²) in [5.41, 5.74) is 0. The maximum atomic E-state index is 5.61. The highest BCUT2D eigenvalue weighted by Crippen LogP contribution is 2.15. The summed E-state index contributed by atoms with van der Waals surface area (Å²) in [5.74, 6) is 0. The fourth-order valence-electron chi connectivity index (χ4n) is 2.03. The Balaban J connectivity index is 2.51. The van der Waals surface area contributed by atoms with Gasteiger partial charge >= 0.3 is 0 Å². The van der Waals surface area contributed by atoms with E-state index in [1.54, 1.807) is 0 Å². The van der Waals surface area contributed by atoms with Crippen LogP contribution in [0, 0.1) is 0 Å². The predicted molar refractivity (Wildman–Crippen MR) is 51.3 cm³/mol. The minimum absolute atomic E-state index is 0.434. The third-order valence-corrected chi connectivity index (χ3v) is 2.65. The number of nitrogens with zero attached hydrogens (tertiary/aromatic N) is 1. The van der Waals surface area contributed by atoms with E-state index < -0.39 is 0 Å². The normalized spacial score (nSPS) is 33.8. The lowest BCUT2D eigenvalue weighted by Gasteiger charge is -2.30. The van der Waals surface area contributed by atoms with E-state index >= 15 is 0 Å². The second kappa shape index (κ2) is 4.24. The largest absolute Gasteiger partial charge is 0.377 e. The molecule has 2 heteroatoms. The van der Waals surface area contributed by atoms with E-state index in [0.717, 1.165) is 19.6 Å². The summed E-state index contributed by atoms with van der Waals surface area (Å²) in [6, 6.07) is 1.32. The molecule has 0 saturated carbocycles. The Hall–Kier alpha value is -0.0800. The molecule has 0 N–H and O–H groups in total. The summed E-state index contributed by atoms with van der Waals surface area (Å²) in [6.07, 6.45) is 1.60. The van der Waals surface area contributed by atoms with E-state index in [2.05, 4.69) is 32.6 Å². The lowest BCUT2D eigenvalue weighted by Crippen LogP contribution is -2.39. The first kappa shape index (κ1) is 10.0. The van der Waals surface area contributed by atoms with Crippen molar-refractivity contribution in [2.75, 3.05) is 13.2 Å². The molecule has 0 aromatic carbocycles. The Morgan fingerprint density at radius 2 is 2.00 bits per heavy atom. The Morgan fingerprint density at radius 3 is 2.58 bits per heavy atom. The highest BCUT2D eigenvalue weighted by Gasteiger charge is 2.22. The number of rotatable bonds is 1. The lowest BCUT2D eigenvalue weighted by atomic mass is 10.1. The monoisotopic (exact) mass is 171 g/mol. The number of hydrogen-bond donors (Lipinski definition) is 0. The zero-order valence-electron chi connectivity index (χ0n) is 8.71. The third kappa shape index (κ3) is 2.46. The summed E-state index contributed by atoms with van der Waals surface area (Å²) in [7, 11) is 0. The zero-order valence-corrected chi connectivity index (χ0v) is 8.71. The van der Waals surface area contributed by atoms with Gasteiger partial charge in [0.15, 0.2) is 0 Å². The molecule has 1 heterocycles. The van der Waals surface area contributed by atoms with Crippen molar-refractivity contribution < 1.29 is 4.74 Å². The van der Waals surface area contributed by atoms with Crippen molar-refractivity contribution >= 4 is 0 Å². The predicted octanol–water partition coefficient (Wildman–Crippen LogP) is 1.89. The van der Waals surface area contributed by atoms with Gasteiger partial charge in [-0.15, -0.1) is 0 Å². The van der Waals surface area contributed by atoms with Gasteiger partial charge < -0.3 is 4.74 Å². The van der Waals surface area contributed by atoms with E-state index in [4.69, 9.17) is 4.74 Å². The summed E-state index contributed by atoms with van der Waals surface area (Å²) < 4.78 is 5.61. The molecule has 0 spiro atoms. The molecule has 12 heavy (non-hydrogen) atoms. The average molecular weight is 171 g/mol. The molecular formula is C10H21NO. The van der Waals surface area contributed by atoms with Crippen molar-refractivity contribution in [3.8, 4) is 0 Å². The smallest absolute Gasteiger partial charge is 0.0597 e. The summed E-state index contributed by atoms with van der Waals surface area (Å²) in [4.78, 5) is 2.52. The Morgan fingerprint density at radius 1 is 1.33 bits per heavy atom. The molecule has 1 saturated heterocycles. The molecule has 1 fully saturated rings. The standard InChI is InChI=1S/C10H21NO/c1-8(2)11-5-6-12-10(4)7-9(11)3/h8-10H,5-7H2,1-4H3. The van der Waals surface area contributed by atoms with Gasteiger partial charge in [-0.25, -0.2) is 0 Å². The van der Waals surface area contributed by atoms with Gasteiger partial charge in [0.2, 0.25) is 0 Å². The first-order valence-corrected chi connectivity index (χ1v) is 4.98. The molecule has 1 rings (SSSR count). The molecule has 0 bridgehead atoms. The Labute approximate surface area is 75.9 Å². The Bertz CT molecular complexity index is 136. The van der Waals surface area contributed by atoms with Crippen LogP contribution in [0.4, 0.5) is 0 Å². The van der Waals surface area contributed by atoms with E-state index in [9.17, 15) is 0 Å². The van der Waals surface area contributed by atoms with E-state index in [0.29, 0.717) is 18.2 Å². The first-order valence-electron chi connectivity index (χ1n) is 4.98. The quantitative estimate of drug-likeness (QED) is 0.597. The molecule has 0 aromatic rings. The summed E-state index contributed by atoms with van der Waals surface area (Å²) in [6.45, 7) is 11.0. The second-order valence-corrected chi connectivity index (χ2v) is 4.10. The third-order valence-electron chi connectivity index (χ3n) is 2.65. The van der Waals surface area contributed by atoms with Crippen LogP contribution in [-0.2, 0) is 4.74 Å². The van der Waals surface area contributed by atoms with Crippen LogP contribution in [0.1, 0.15) is 34.1 Å². The SMILES string of the molecule is CC1CC(C)N(C(C)C)CCO1. The number of ether oxygens (including phenoxy) is 1. The highest BCUT2D eigenvalue weighted by molar-refractivity contribution is 4.75. The minimum Gasteiger partial charge on any atom is -0.377 e. The van der Waals surface area contributed by atoms with E-state index in [1.165, 1.54) is 0 Å². The van der Waals surface area contributed by atoms with Crippen LogP contribution in [0.2, 0.25) is 0 Å². The van der Waals surface area contributed by atoms with Crippen LogP contribution in [0.25, 0.3) is 0 Å². The molecule has 2 unspecified atom stereocenters. The van der Waals surface area contributed by atoms with Gasteiger partial charge in [-0.1, -0.05) is 0 Å². The lowest BCUT2D eigenvalue weighted by molar-refractivity contribution is 0.0736. The average Bonchev–Trinajstić information content (AvgIpc) is 2.10. The molecule has 1 aliphatic heterocycles. The fraction of sp³-hybridized carbons (Fsp3) is 1.00. The molecule has 0 amide bonds. The summed E-state index contributed by atoms with van der Waals surface area (Å²) in [5, 5.41) is 0. The zero-order chi connectivity index (χ0) is 9.14. The fourth-order valence-corrected chi connectivity index (χ4v) is 2.03. The molecular weight excluding hydrogens is 150 g/mol. The maximum Gasteiger partial charge on any atom is 0.0597 e. The van der Waals surface area contributed by atoms with Crippen LogP contribution in [0.15, 0.2) is 0 Å². The molecule has 1 aliphatic rings. The van der Waals surface area contributed by atoms with E-state index in [1.807, 2.05) is 0 Å². The highest BCUT2D eigenvalue weighted by atomic mass is 16.5. The first-order chi connectivity index (χ1) is 5.61. The van der Waals surface area contributed by atoms with Crippen LogP contribution >= 0.6 is 0 Å². The molecule has 2 atom stereocenters. The van der Waals surface area contributed by atoms with Crippen LogP contribution in [-0.4, -0.2) is 36.2 Å². The minimum atomic E-state index is 0.434. The van der Waals surface area contributed by atoms with Crippen molar-refractivity contribution in [3.63, 3.8) is 0 Å². The van der Waals surface area contributed by atoms with E-state index in [-0.39, 0.29) is 0 Å². The second-order valence-electron chi connectivity index (χ2n) is 4.10. The van der Waals surface area contributed by atoms with Crippen molar-refractivity contribution in [2.24, 2.45) is 0 Å². The molecule has 0 aliphatic carbocycles. The van der Waals surface area contributed by atoms with Crippen LogP contribution in [0.3, 0.4) is 0 Å². The van der Waals surface area contributed by atoms with Crippen LogP contribution < -0.4 is 0 Å².